The van der Waals surface area contributed by atoms with Gasteiger partial charge in [0.2, 0.25) is 5.91 Å². The Morgan fingerprint density at radius 1 is 1.19 bits per heavy atom. The highest BCUT2D eigenvalue weighted by atomic mass is 16.5. The lowest BCUT2D eigenvalue weighted by Crippen LogP contribution is -2.23. The summed E-state index contributed by atoms with van der Waals surface area (Å²) in [5.74, 6) is 1.32. The molecule has 0 aliphatic carbocycles. The highest BCUT2D eigenvalue weighted by Crippen LogP contribution is 2.38. The van der Waals surface area contributed by atoms with Crippen LogP contribution >= 0.6 is 0 Å². The van der Waals surface area contributed by atoms with Crippen LogP contribution in [0.4, 0.5) is 0 Å². The molecule has 0 saturated heterocycles. The van der Waals surface area contributed by atoms with Gasteiger partial charge in [-0.2, -0.15) is 0 Å². The van der Waals surface area contributed by atoms with Crippen molar-refractivity contribution in [1.82, 2.24) is 5.32 Å². The summed E-state index contributed by atoms with van der Waals surface area (Å²) >= 11 is 0. The highest BCUT2D eigenvalue weighted by Gasteiger charge is 2.15. The molecule has 0 bridgehead atoms. The van der Waals surface area contributed by atoms with Crippen LogP contribution in [0.3, 0.4) is 0 Å². The predicted molar refractivity (Wildman–Crippen MR) is 123 cm³/mol. The maximum atomic E-state index is 12.3. The van der Waals surface area contributed by atoms with Gasteiger partial charge in [0.05, 0.1) is 20.0 Å². The molecule has 0 atom stereocenters. The fraction of sp³-hybridized carbons (Fsp3) is 0.320. The average molecular weight is 424 g/mol. The zero-order valence-corrected chi connectivity index (χ0v) is 18.5. The van der Waals surface area contributed by atoms with Gasteiger partial charge >= 0.3 is 0 Å². The predicted octanol–water partition coefficient (Wildman–Crippen LogP) is 5.06. The van der Waals surface area contributed by atoms with E-state index < -0.39 is 0 Å². The Morgan fingerprint density at radius 2 is 2.03 bits per heavy atom. The first-order chi connectivity index (χ1) is 15.1. The molecule has 31 heavy (non-hydrogen) atoms. The Kier molecular flexibility index (Phi) is 7.73. The number of benzene rings is 2. The number of amides is 1. The van der Waals surface area contributed by atoms with Crippen molar-refractivity contribution in [2.24, 2.45) is 0 Å². The van der Waals surface area contributed by atoms with E-state index in [0.29, 0.717) is 25.5 Å². The molecule has 1 aromatic heterocycles. The van der Waals surface area contributed by atoms with Gasteiger partial charge in [-0.25, -0.2) is 0 Å². The van der Waals surface area contributed by atoms with Gasteiger partial charge in [-0.05, 0) is 49.6 Å². The molecule has 2 aromatic carbocycles. The van der Waals surface area contributed by atoms with E-state index in [2.05, 4.69) is 5.32 Å². The second kappa shape index (κ2) is 10.7. The molecule has 1 amide bonds. The summed E-state index contributed by atoms with van der Waals surface area (Å²) in [5.41, 5.74) is 4.34. The summed E-state index contributed by atoms with van der Waals surface area (Å²) in [6, 6.07) is 11.7. The third-order valence-electron chi connectivity index (χ3n) is 4.95. The number of rotatable bonds is 10. The summed E-state index contributed by atoms with van der Waals surface area (Å²) in [6.45, 7) is 5.53. The number of allylic oxidation sites excluding steroid dienone is 1. The van der Waals surface area contributed by atoms with Gasteiger partial charge in [-0.3, -0.25) is 4.79 Å². The number of nitrogens with one attached hydrogen (secondary N) is 1. The number of carbonyl (C=O) groups is 1. The molecule has 164 valence electrons. The van der Waals surface area contributed by atoms with Crippen LogP contribution < -0.4 is 14.8 Å². The normalized spacial score (nSPS) is 11.5. The third kappa shape index (κ3) is 5.47. The van der Waals surface area contributed by atoms with Crippen molar-refractivity contribution in [3.05, 3.63) is 54.3 Å². The number of hydrogen-bond donors (Lipinski definition) is 1. The van der Waals surface area contributed by atoms with Gasteiger partial charge in [-0.1, -0.05) is 12.1 Å². The molecule has 6 heteroatoms. The smallest absolute Gasteiger partial charge is 0.244 e. The van der Waals surface area contributed by atoms with Crippen LogP contribution in [-0.2, 0) is 9.53 Å². The number of carbonyl (C=O) groups excluding carboxylic acids is 1. The van der Waals surface area contributed by atoms with Crippen molar-refractivity contribution in [2.75, 3.05) is 34.0 Å². The Labute approximate surface area is 182 Å². The van der Waals surface area contributed by atoms with Crippen LogP contribution in [0, 0.1) is 0 Å². The van der Waals surface area contributed by atoms with Gasteiger partial charge in [-0.15, -0.1) is 0 Å². The first kappa shape index (κ1) is 22.4. The molecular formula is C25H29NO5. The van der Waals surface area contributed by atoms with E-state index in [4.69, 9.17) is 18.6 Å². The molecule has 0 saturated carbocycles. The van der Waals surface area contributed by atoms with Crippen molar-refractivity contribution >= 4 is 22.4 Å². The number of furan rings is 1. The minimum atomic E-state index is -0.142. The van der Waals surface area contributed by atoms with Crippen LogP contribution in [0.2, 0.25) is 0 Å². The third-order valence-corrected chi connectivity index (χ3v) is 4.95. The topological polar surface area (TPSA) is 69.9 Å². The Balaban J connectivity index is 1.98. The van der Waals surface area contributed by atoms with Gasteiger partial charge in [0.15, 0.2) is 0 Å². The van der Waals surface area contributed by atoms with E-state index in [9.17, 15) is 4.79 Å². The number of ether oxygens (including phenoxy) is 3. The minimum Gasteiger partial charge on any atom is -0.497 e. The van der Waals surface area contributed by atoms with Crippen LogP contribution in [-0.4, -0.2) is 39.9 Å². The van der Waals surface area contributed by atoms with E-state index >= 15 is 0 Å². The zero-order valence-electron chi connectivity index (χ0n) is 18.5. The second-order valence-electron chi connectivity index (χ2n) is 7.12. The van der Waals surface area contributed by atoms with Crippen LogP contribution in [0.25, 0.3) is 27.7 Å². The van der Waals surface area contributed by atoms with Crippen LogP contribution in [0.15, 0.2) is 53.2 Å². The first-order valence-corrected chi connectivity index (χ1v) is 10.3. The quantitative estimate of drug-likeness (QED) is 0.364. The van der Waals surface area contributed by atoms with Gasteiger partial charge in [0, 0.05) is 48.9 Å². The molecule has 1 N–H and O–H groups in total. The average Bonchev–Trinajstić information content (AvgIpc) is 3.19. The maximum Gasteiger partial charge on any atom is 0.244 e. The SMILES string of the molecule is CCOc1cc2occ(-c3cccc(OC)c3)c2cc1/C(C)=C/C(=O)NCCCOC. The van der Waals surface area contributed by atoms with Gasteiger partial charge < -0.3 is 23.9 Å². The van der Waals surface area contributed by atoms with E-state index in [0.717, 1.165) is 45.4 Å². The monoisotopic (exact) mass is 423 g/mol. The van der Waals surface area contributed by atoms with E-state index in [1.54, 1.807) is 26.6 Å². The Morgan fingerprint density at radius 3 is 2.77 bits per heavy atom. The van der Waals surface area contributed by atoms with Crippen LogP contribution in [0.1, 0.15) is 25.8 Å². The van der Waals surface area contributed by atoms with Gasteiger partial charge in [0.25, 0.3) is 0 Å². The fourth-order valence-electron chi connectivity index (χ4n) is 3.41. The molecule has 3 rings (SSSR count). The van der Waals surface area contributed by atoms with Crippen molar-refractivity contribution in [2.45, 2.75) is 20.3 Å². The molecule has 0 spiro atoms. The van der Waals surface area contributed by atoms with Gasteiger partial charge in [0.1, 0.15) is 17.1 Å². The maximum absolute atomic E-state index is 12.3. The molecule has 0 fully saturated rings. The standard InChI is InChI=1S/C25H29NO5/c1-5-30-23-15-24-21(22(16-31-24)18-8-6-9-19(13-18)29-4)14-20(23)17(2)12-25(27)26-10-7-11-28-3/h6,8-9,12-16H,5,7,10-11H2,1-4H3,(H,26,27)/b17-12+. The first-order valence-electron chi connectivity index (χ1n) is 10.3. The summed E-state index contributed by atoms with van der Waals surface area (Å²) in [4.78, 5) is 12.3. The molecule has 0 unspecified atom stereocenters. The van der Waals surface area contributed by atoms with Crippen LogP contribution in [0.5, 0.6) is 11.5 Å². The lowest BCUT2D eigenvalue weighted by Gasteiger charge is -2.12. The highest BCUT2D eigenvalue weighted by molar-refractivity contribution is 6.00. The summed E-state index contributed by atoms with van der Waals surface area (Å²) < 4.78 is 22.0. The van der Waals surface area contributed by atoms with E-state index in [1.165, 1.54) is 0 Å². The van der Waals surface area contributed by atoms with Crippen molar-refractivity contribution < 1.29 is 23.4 Å². The van der Waals surface area contributed by atoms with Crippen molar-refractivity contribution in [3.8, 4) is 22.6 Å². The second-order valence-corrected chi connectivity index (χ2v) is 7.12. The lowest BCUT2D eigenvalue weighted by molar-refractivity contribution is -0.116. The molecular weight excluding hydrogens is 394 g/mol. The van der Waals surface area contributed by atoms with Crippen molar-refractivity contribution in [3.63, 3.8) is 0 Å². The van der Waals surface area contributed by atoms with Crippen molar-refractivity contribution in [1.29, 1.82) is 0 Å². The van der Waals surface area contributed by atoms with E-state index in [1.807, 2.05) is 50.2 Å². The number of methoxy groups -OCH3 is 2. The summed E-state index contributed by atoms with van der Waals surface area (Å²) in [6.07, 6.45) is 4.10. The van der Waals surface area contributed by atoms with E-state index in [-0.39, 0.29) is 5.91 Å². The molecule has 0 aliphatic heterocycles. The fourth-order valence-corrected chi connectivity index (χ4v) is 3.41. The lowest BCUT2D eigenvalue weighted by atomic mass is 9.99. The summed E-state index contributed by atoms with van der Waals surface area (Å²) in [7, 11) is 3.29. The molecule has 0 radical (unpaired) electrons. The minimum absolute atomic E-state index is 0.142. The summed E-state index contributed by atoms with van der Waals surface area (Å²) in [5, 5.41) is 3.83. The molecule has 6 nitrogen and oxygen atoms in total. The molecule has 0 aliphatic rings. The zero-order chi connectivity index (χ0) is 22.2. The number of hydrogen-bond acceptors (Lipinski definition) is 5. The number of fused-ring (bicyclic) bond motifs is 1. The Bertz CT molecular complexity index is 1070. The molecule has 1 heterocycles. The largest absolute Gasteiger partial charge is 0.497 e. The Hall–Kier alpha value is -3.25. The molecule has 3 aromatic rings.